The third-order valence-electron chi connectivity index (χ3n) is 3.40. The summed E-state index contributed by atoms with van der Waals surface area (Å²) in [4.78, 5) is 6.82. The Morgan fingerprint density at radius 3 is 2.78 bits per heavy atom. The monoisotopic (exact) mass is 333 g/mol. The fourth-order valence-corrected chi connectivity index (χ4v) is 2.38. The molecule has 2 aromatic rings. The number of hydrogen-bond donors (Lipinski definition) is 1. The van der Waals surface area contributed by atoms with Crippen LogP contribution in [0.2, 0.25) is 5.02 Å². The zero-order valence-corrected chi connectivity index (χ0v) is 14.5. The quantitative estimate of drug-likeness (QED) is 0.481. The van der Waals surface area contributed by atoms with Gasteiger partial charge in [-0.25, -0.2) is 0 Å². The van der Waals surface area contributed by atoms with Crippen LogP contribution in [0.3, 0.4) is 0 Å². The van der Waals surface area contributed by atoms with Gasteiger partial charge in [-0.1, -0.05) is 23.7 Å². The van der Waals surface area contributed by atoms with Gasteiger partial charge < -0.3 is 10.2 Å². The highest BCUT2D eigenvalue weighted by Gasteiger charge is 2.06. The molecule has 1 heterocycles. The molecule has 0 saturated heterocycles. The number of nitrogens with one attached hydrogen (secondary N) is 1. The minimum absolute atomic E-state index is 0.760. The Hall–Kier alpha value is -2.01. The van der Waals surface area contributed by atoms with E-state index in [-0.39, 0.29) is 0 Å². The smallest absolute Gasteiger partial charge is 0.193 e. The highest BCUT2D eigenvalue weighted by molar-refractivity contribution is 6.30. The van der Waals surface area contributed by atoms with E-state index in [0.717, 1.165) is 43.6 Å². The number of benzene rings is 1. The second kappa shape index (κ2) is 9.20. The first-order chi connectivity index (χ1) is 11.2. The van der Waals surface area contributed by atoms with Crippen LogP contribution in [-0.4, -0.2) is 40.8 Å². The number of guanidine groups is 1. The Morgan fingerprint density at radius 2 is 2.13 bits per heavy atom. The van der Waals surface area contributed by atoms with Gasteiger partial charge in [0.25, 0.3) is 0 Å². The van der Waals surface area contributed by atoms with E-state index >= 15 is 0 Å². The van der Waals surface area contributed by atoms with Gasteiger partial charge in [-0.2, -0.15) is 5.10 Å². The zero-order chi connectivity index (χ0) is 16.5. The summed E-state index contributed by atoms with van der Waals surface area (Å²) in [6.45, 7) is 5.38. The molecule has 23 heavy (non-hydrogen) atoms. The number of aromatic nitrogens is 2. The molecule has 5 nitrogen and oxygen atoms in total. The summed E-state index contributed by atoms with van der Waals surface area (Å²) in [5.74, 6) is 0.919. The predicted molar refractivity (Wildman–Crippen MR) is 95.7 cm³/mol. The lowest BCUT2D eigenvalue weighted by Crippen LogP contribution is -2.38. The summed E-state index contributed by atoms with van der Waals surface area (Å²) in [5.41, 5.74) is 1.21. The average molecular weight is 334 g/mol. The molecule has 0 bridgehead atoms. The lowest BCUT2D eigenvalue weighted by molar-refractivity contribution is 0.475. The van der Waals surface area contributed by atoms with E-state index < -0.39 is 0 Å². The van der Waals surface area contributed by atoms with Crippen molar-refractivity contribution in [3.63, 3.8) is 0 Å². The summed E-state index contributed by atoms with van der Waals surface area (Å²) in [6, 6.07) is 9.85. The van der Waals surface area contributed by atoms with Crippen LogP contribution in [0.4, 0.5) is 0 Å². The van der Waals surface area contributed by atoms with Crippen molar-refractivity contribution in [1.82, 2.24) is 20.0 Å². The highest BCUT2D eigenvalue weighted by Crippen LogP contribution is 2.11. The molecule has 0 aliphatic heterocycles. The molecular weight excluding hydrogens is 310 g/mol. The Morgan fingerprint density at radius 1 is 1.35 bits per heavy atom. The molecule has 0 unspecified atom stereocenters. The summed E-state index contributed by atoms with van der Waals surface area (Å²) in [5, 5.41) is 8.29. The first kappa shape index (κ1) is 17.3. The topological polar surface area (TPSA) is 45.5 Å². The molecule has 0 atom stereocenters. The second-order valence-electron chi connectivity index (χ2n) is 5.34. The van der Waals surface area contributed by atoms with Crippen molar-refractivity contribution in [2.45, 2.75) is 26.4 Å². The second-order valence-corrected chi connectivity index (χ2v) is 5.78. The van der Waals surface area contributed by atoms with E-state index in [1.165, 1.54) is 5.56 Å². The van der Waals surface area contributed by atoms with E-state index in [9.17, 15) is 0 Å². The van der Waals surface area contributed by atoms with Crippen molar-refractivity contribution in [3.05, 3.63) is 53.3 Å². The van der Waals surface area contributed by atoms with Crippen LogP contribution in [0.25, 0.3) is 0 Å². The van der Waals surface area contributed by atoms with Crippen molar-refractivity contribution in [3.8, 4) is 0 Å². The third-order valence-corrected chi connectivity index (χ3v) is 3.65. The summed E-state index contributed by atoms with van der Waals surface area (Å²) >= 11 is 5.93. The molecule has 0 aliphatic rings. The lowest BCUT2D eigenvalue weighted by atomic mass is 10.2. The highest BCUT2D eigenvalue weighted by atomic mass is 35.5. The van der Waals surface area contributed by atoms with Crippen LogP contribution in [-0.2, 0) is 13.1 Å². The Kier molecular flexibility index (Phi) is 6.94. The van der Waals surface area contributed by atoms with Gasteiger partial charge in [-0.15, -0.1) is 0 Å². The Bertz CT molecular complexity index is 592. The van der Waals surface area contributed by atoms with E-state index in [0.29, 0.717) is 0 Å². The van der Waals surface area contributed by atoms with E-state index in [4.69, 9.17) is 16.6 Å². The van der Waals surface area contributed by atoms with E-state index in [1.54, 1.807) is 6.20 Å². The number of rotatable bonds is 7. The average Bonchev–Trinajstić information content (AvgIpc) is 3.06. The molecule has 2 rings (SSSR count). The Balaban J connectivity index is 1.87. The minimum atomic E-state index is 0.760. The molecule has 0 aliphatic carbocycles. The van der Waals surface area contributed by atoms with Gasteiger partial charge >= 0.3 is 0 Å². The maximum atomic E-state index is 5.93. The molecule has 0 fully saturated rings. The molecule has 6 heteroatoms. The van der Waals surface area contributed by atoms with E-state index in [1.807, 2.05) is 48.3 Å². The van der Waals surface area contributed by atoms with E-state index in [2.05, 4.69) is 22.2 Å². The molecule has 0 amide bonds. The Labute approximate surface area is 143 Å². The van der Waals surface area contributed by atoms with Crippen molar-refractivity contribution in [2.24, 2.45) is 4.99 Å². The number of hydrogen-bond acceptors (Lipinski definition) is 2. The number of nitrogens with zero attached hydrogens (tertiary/aromatic N) is 4. The minimum Gasteiger partial charge on any atom is -0.357 e. The third kappa shape index (κ3) is 5.94. The van der Waals surface area contributed by atoms with Crippen LogP contribution in [0.15, 0.2) is 47.7 Å². The number of halogens is 1. The van der Waals surface area contributed by atoms with Crippen LogP contribution in [0, 0.1) is 0 Å². The standard InChI is InChI=1S/C17H24ClN5/c1-3-19-17(20-10-4-12-23-13-5-11-21-23)22(2)14-15-6-8-16(18)9-7-15/h5-9,11,13H,3-4,10,12,14H2,1-2H3,(H,19,20). The maximum absolute atomic E-state index is 5.93. The largest absolute Gasteiger partial charge is 0.357 e. The lowest BCUT2D eigenvalue weighted by Gasteiger charge is -2.22. The molecule has 0 saturated carbocycles. The van der Waals surface area contributed by atoms with Gasteiger partial charge in [0.15, 0.2) is 5.96 Å². The molecule has 0 radical (unpaired) electrons. The molecule has 1 aromatic heterocycles. The van der Waals surface area contributed by atoms with Gasteiger partial charge in [0, 0.05) is 50.6 Å². The van der Waals surface area contributed by atoms with Gasteiger partial charge in [-0.3, -0.25) is 9.67 Å². The first-order valence-corrected chi connectivity index (χ1v) is 8.28. The molecular formula is C17H24ClN5. The van der Waals surface area contributed by atoms with Crippen LogP contribution < -0.4 is 5.32 Å². The van der Waals surface area contributed by atoms with Crippen LogP contribution in [0.1, 0.15) is 18.9 Å². The normalized spacial score (nSPS) is 11.5. The first-order valence-electron chi connectivity index (χ1n) is 7.90. The zero-order valence-electron chi connectivity index (χ0n) is 13.7. The van der Waals surface area contributed by atoms with Crippen molar-refractivity contribution < 1.29 is 0 Å². The number of aliphatic imine (C=N–C) groups is 1. The summed E-state index contributed by atoms with van der Waals surface area (Å²) < 4.78 is 1.93. The van der Waals surface area contributed by atoms with Crippen LogP contribution >= 0.6 is 11.6 Å². The van der Waals surface area contributed by atoms with Crippen LogP contribution in [0.5, 0.6) is 0 Å². The van der Waals surface area contributed by atoms with Gasteiger partial charge in [-0.05, 0) is 37.1 Å². The number of aryl methyl sites for hydroxylation is 1. The predicted octanol–water partition coefficient (Wildman–Crippen LogP) is 3.02. The summed E-state index contributed by atoms with van der Waals surface area (Å²) in [7, 11) is 2.05. The van der Waals surface area contributed by atoms with Crippen molar-refractivity contribution in [1.29, 1.82) is 0 Å². The van der Waals surface area contributed by atoms with Crippen molar-refractivity contribution >= 4 is 17.6 Å². The summed E-state index contributed by atoms with van der Waals surface area (Å²) in [6.07, 6.45) is 4.74. The molecule has 0 spiro atoms. The SMILES string of the molecule is CCNC(=NCCCn1cccn1)N(C)Cc1ccc(Cl)cc1. The van der Waals surface area contributed by atoms with Gasteiger partial charge in [0.05, 0.1) is 0 Å². The van der Waals surface area contributed by atoms with Gasteiger partial charge in [0.2, 0.25) is 0 Å². The fraction of sp³-hybridized carbons (Fsp3) is 0.412. The fourth-order valence-electron chi connectivity index (χ4n) is 2.26. The molecule has 1 aromatic carbocycles. The molecule has 1 N–H and O–H groups in total. The maximum Gasteiger partial charge on any atom is 0.193 e. The van der Waals surface area contributed by atoms with Gasteiger partial charge in [0.1, 0.15) is 0 Å². The molecule has 124 valence electrons. The van der Waals surface area contributed by atoms with Crippen molar-refractivity contribution in [2.75, 3.05) is 20.1 Å².